The molecule has 1 N–H and O–H groups in total. The zero-order valence-corrected chi connectivity index (χ0v) is 14.0. The number of esters is 1. The zero-order chi connectivity index (χ0) is 16.7. The van der Waals surface area contributed by atoms with E-state index in [2.05, 4.69) is 10.1 Å². The van der Waals surface area contributed by atoms with Gasteiger partial charge in [0.2, 0.25) is 0 Å². The zero-order valence-electron chi connectivity index (χ0n) is 13.2. The number of nitrogens with one attached hydrogen (secondary N) is 1. The van der Waals surface area contributed by atoms with Crippen molar-refractivity contribution < 1.29 is 14.3 Å². The second-order valence-corrected chi connectivity index (χ2v) is 6.08. The summed E-state index contributed by atoms with van der Waals surface area (Å²) in [6, 6.07) is 15.1. The third kappa shape index (κ3) is 5.45. The Morgan fingerprint density at radius 2 is 1.87 bits per heavy atom. The van der Waals surface area contributed by atoms with Crippen molar-refractivity contribution in [1.29, 1.82) is 0 Å². The Morgan fingerprint density at radius 1 is 1.13 bits per heavy atom. The molecule has 0 spiro atoms. The highest BCUT2D eigenvalue weighted by molar-refractivity contribution is 7.99. The summed E-state index contributed by atoms with van der Waals surface area (Å²) in [5.74, 6) is 0.711. The van der Waals surface area contributed by atoms with Gasteiger partial charge in [-0.2, -0.15) is 0 Å². The maximum absolute atomic E-state index is 12.2. The molecule has 0 fully saturated rings. The SMILES string of the molecule is COC(=O)CSCc1ccc(NC(=O)c2cccc(C)c2)cc1. The highest BCUT2D eigenvalue weighted by Gasteiger charge is 2.06. The molecule has 0 bridgehead atoms. The normalized spacial score (nSPS) is 10.2. The lowest BCUT2D eigenvalue weighted by Crippen LogP contribution is -2.11. The quantitative estimate of drug-likeness (QED) is 0.822. The van der Waals surface area contributed by atoms with Gasteiger partial charge < -0.3 is 10.1 Å². The van der Waals surface area contributed by atoms with E-state index in [1.165, 1.54) is 18.9 Å². The van der Waals surface area contributed by atoms with Crippen molar-refractivity contribution in [3.05, 3.63) is 65.2 Å². The van der Waals surface area contributed by atoms with Crippen LogP contribution in [0.25, 0.3) is 0 Å². The summed E-state index contributed by atoms with van der Waals surface area (Å²) < 4.78 is 4.59. The van der Waals surface area contributed by atoms with Gasteiger partial charge in [-0.05, 0) is 36.8 Å². The number of benzene rings is 2. The van der Waals surface area contributed by atoms with E-state index >= 15 is 0 Å². The maximum atomic E-state index is 12.2. The lowest BCUT2D eigenvalue weighted by atomic mass is 10.1. The minimum atomic E-state index is -0.225. The van der Waals surface area contributed by atoms with E-state index in [0.717, 1.165) is 22.6 Å². The number of carbonyl (C=O) groups is 2. The first-order valence-electron chi connectivity index (χ1n) is 7.20. The number of methoxy groups -OCH3 is 1. The first-order chi connectivity index (χ1) is 11.1. The summed E-state index contributed by atoms with van der Waals surface area (Å²) in [7, 11) is 1.38. The number of anilines is 1. The molecular weight excluding hydrogens is 310 g/mol. The molecule has 0 aliphatic carbocycles. The van der Waals surface area contributed by atoms with E-state index in [1.807, 2.05) is 49.4 Å². The number of thioether (sulfide) groups is 1. The van der Waals surface area contributed by atoms with E-state index < -0.39 is 0 Å². The third-order valence-corrected chi connectivity index (χ3v) is 4.19. The van der Waals surface area contributed by atoms with Gasteiger partial charge in [-0.25, -0.2) is 0 Å². The Bertz CT molecular complexity index is 683. The Labute approximate surface area is 140 Å². The molecule has 0 aliphatic rings. The predicted octanol–water partition coefficient (Wildman–Crippen LogP) is 3.65. The molecule has 120 valence electrons. The van der Waals surface area contributed by atoms with Crippen molar-refractivity contribution in [2.45, 2.75) is 12.7 Å². The molecule has 0 saturated heterocycles. The van der Waals surface area contributed by atoms with E-state index in [-0.39, 0.29) is 11.9 Å². The van der Waals surface area contributed by atoms with Gasteiger partial charge in [0.15, 0.2) is 0 Å². The summed E-state index contributed by atoms with van der Waals surface area (Å²) in [5.41, 5.74) is 3.53. The maximum Gasteiger partial charge on any atom is 0.315 e. The van der Waals surface area contributed by atoms with Crippen LogP contribution in [0.3, 0.4) is 0 Å². The van der Waals surface area contributed by atoms with Gasteiger partial charge in [0.1, 0.15) is 0 Å². The van der Waals surface area contributed by atoms with Crippen LogP contribution in [0.15, 0.2) is 48.5 Å². The minimum absolute atomic E-state index is 0.124. The molecule has 0 saturated carbocycles. The number of amides is 1. The summed E-state index contributed by atoms with van der Waals surface area (Å²) in [5, 5.41) is 2.88. The Morgan fingerprint density at radius 3 is 2.52 bits per heavy atom. The number of ether oxygens (including phenoxy) is 1. The Hall–Kier alpha value is -2.27. The Kier molecular flexibility index (Phi) is 6.23. The van der Waals surface area contributed by atoms with Crippen LogP contribution in [0.1, 0.15) is 21.5 Å². The molecule has 2 aromatic carbocycles. The van der Waals surface area contributed by atoms with Crippen molar-refractivity contribution in [3.8, 4) is 0 Å². The second-order valence-electron chi connectivity index (χ2n) is 5.09. The number of aryl methyl sites for hydroxylation is 1. The van der Waals surface area contributed by atoms with Crippen molar-refractivity contribution in [1.82, 2.24) is 0 Å². The van der Waals surface area contributed by atoms with Crippen LogP contribution >= 0.6 is 11.8 Å². The molecule has 0 aromatic heterocycles. The van der Waals surface area contributed by atoms with Crippen LogP contribution in [0.5, 0.6) is 0 Å². The highest BCUT2D eigenvalue weighted by atomic mass is 32.2. The van der Waals surface area contributed by atoms with Gasteiger partial charge >= 0.3 is 5.97 Å². The molecule has 0 unspecified atom stereocenters. The standard InChI is InChI=1S/C18H19NO3S/c1-13-4-3-5-15(10-13)18(21)19-16-8-6-14(7-9-16)11-23-12-17(20)22-2/h3-10H,11-12H2,1-2H3,(H,19,21). The first kappa shape index (κ1) is 17.1. The lowest BCUT2D eigenvalue weighted by molar-refractivity contribution is -0.137. The second kappa shape index (κ2) is 8.39. The molecule has 0 radical (unpaired) electrons. The van der Waals surface area contributed by atoms with Crippen LogP contribution in [0, 0.1) is 6.92 Å². The molecule has 0 atom stereocenters. The van der Waals surface area contributed by atoms with Crippen LogP contribution < -0.4 is 5.32 Å². The third-order valence-electron chi connectivity index (χ3n) is 3.21. The summed E-state index contributed by atoms with van der Waals surface area (Å²) in [6.45, 7) is 1.96. The van der Waals surface area contributed by atoms with E-state index in [9.17, 15) is 9.59 Å². The smallest absolute Gasteiger partial charge is 0.315 e. The predicted molar refractivity (Wildman–Crippen MR) is 93.8 cm³/mol. The van der Waals surface area contributed by atoms with Crippen molar-refractivity contribution in [2.75, 3.05) is 18.2 Å². The van der Waals surface area contributed by atoms with Crippen LogP contribution in [-0.2, 0) is 15.3 Å². The monoisotopic (exact) mass is 329 g/mol. The van der Waals surface area contributed by atoms with Crippen molar-refractivity contribution in [3.63, 3.8) is 0 Å². The molecular formula is C18H19NO3S. The fraction of sp³-hybridized carbons (Fsp3) is 0.222. The molecule has 0 heterocycles. The topological polar surface area (TPSA) is 55.4 Å². The van der Waals surface area contributed by atoms with Crippen LogP contribution in [0.2, 0.25) is 0 Å². The van der Waals surface area contributed by atoms with E-state index in [0.29, 0.717) is 11.3 Å². The van der Waals surface area contributed by atoms with Crippen molar-refractivity contribution >= 4 is 29.3 Å². The van der Waals surface area contributed by atoms with Crippen molar-refractivity contribution in [2.24, 2.45) is 0 Å². The Balaban J connectivity index is 1.89. The number of hydrogen-bond donors (Lipinski definition) is 1. The molecule has 4 nitrogen and oxygen atoms in total. The molecule has 2 aromatic rings. The summed E-state index contributed by atoms with van der Waals surface area (Å²) >= 11 is 1.50. The molecule has 0 aliphatic heterocycles. The van der Waals surface area contributed by atoms with Gasteiger partial charge in [-0.3, -0.25) is 9.59 Å². The fourth-order valence-corrected chi connectivity index (χ4v) is 2.80. The molecule has 1 amide bonds. The summed E-state index contributed by atoms with van der Waals surface area (Å²) in [4.78, 5) is 23.2. The van der Waals surface area contributed by atoms with Gasteiger partial charge in [-0.15, -0.1) is 11.8 Å². The first-order valence-corrected chi connectivity index (χ1v) is 8.35. The average Bonchev–Trinajstić information content (AvgIpc) is 2.56. The van der Waals surface area contributed by atoms with Crippen LogP contribution in [-0.4, -0.2) is 24.7 Å². The largest absolute Gasteiger partial charge is 0.468 e. The van der Waals surface area contributed by atoms with Gasteiger partial charge in [-0.1, -0.05) is 29.8 Å². The minimum Gasteiger partial charge on any atom is -0.468 e. The fourth-order valence-electron chi connectivity index (χ4n) is 1.99. The van der Waals surface area contributed by atoms with Gasteiger partial charge in [0.05, 0.1) is 12.9 Å². The number of hydrogen-bond acceptors (Lipinski definition) is 4. The number of carbonyl (C=O) groups excluding carboxylic acids is 2. The molecule has 23 heavy (non-hydrogen) atoms. The summed E-state index contributed by atoms with van der Waals surface area (Å²) in [6.07, 6.45) is 0. The van der Waals surface area contributed by atoms with E-state index in [4.69, 9.17) is 0 Å². The van der Waals surface area contributed by atoms with E-state index in [1.54, 1.807) is 6.07 Å². The molecule has 5 heteroatoms. The molecule has 2 rings (SSSR count). The van der Waals surface area contributed by atoms with Gasteiger partial charge in [0, 0.05) is 17.0 Å². The number of rotatable bonds is 6. The lowest BCUT2D eigenvalue weighted by Gasteiger charge is -2.07. The van der Waals surface area contributed by atoms with Crippen LogP contribution in [0.4, 0.5) is 5.69 Å². The highest BCUT2D eigenvalue weighted by Crippen LogP contribution is 2.16. The van der Waals surface area contributed by atoms with Gasteiger partial charge in [0.25, 0.3) is 5.91 Å². The average molecular weight is 329 g/mol.